The normalized spacial score (nSPS) is 25.1. The van der Waals surface area contributed by atoms with E-state index in [-0.39, 0.29) is 49.1 Å². The van der Waals surface area contributed by atoms with Crippen LogP contribution in [0.15, 0.2) is 60.7 Å². The van der Waals surface area contributed by atoms with Gasteiger partial charge >= 0.3 is 6.03 Å². The van der Waals surface area contributed by atoms with E-state index in [9.17, 15) is 28.3 Å². The molecule has 0 spiro atoms. The predicted octanol–water partition coefficient (Wildman–Crippen LogP) is 4.15. The number of aryl methyl sites for hydroxylation is 1. The highest BCUT2D eigenvalue weighted by molar-refractivity contribution is 5.99. The third kappa shape index (κ3) is 6.82. The number of para-hydroxylation sites is 1. The highest BCUT2D eigenvalue weighted by Gasteiger charge is 2.41. The number of fused-ring (bicyclic) bond motifs is 5. The molecule has 242 valence electrons. The lowest BCUT2D eigenvalue weighted by Gasteiger charge is -2.34. The summed E-state index contributed by atoms with van der Waals surface area (Å²) in [4.78, 5) is 42.1. The summed E-state index contributed by atoms with van der Waals surface area (Å²) >= 11 is 0. The van der Waals surface area contributed by atoms with Gasteiger partial charge in [0.1, 0.15) is 29.5 Å². The Kier molecular flexibility index (Phi) is 9.18. The first-order valence-corrected chi connectivity index (χ1v) is 15.4. The number of aliphatic hydroxyl groups is 1. The van der Waals surface area contributed by atoms with Crippen molar-refractivity contribution in [2.75, 3.05) is 25.0 Å². The maximum atomic E-state index is 14.7. The maximum absolute atomic E-state index is 14.7. The second-order valence-corrected chi connectivity index (χ2v) is 12.0. The van der Waals surface area contributed by atoms with Crippen LogP contribution in [0.5, 0.6) is 5.75 Å². The summed E-state index contributed by atoms with van der Waals surface area (Å²) in [5.41, 5.74) is 2.17. The number of amides is 4. The monoisotopic (exact) mass is 634 g/mol. The van der Waals surface area contributed by atoms with E-state index in [1.807, 2.05) is 19.1 Å². The number of ether oxygens (including phenoxy) is 2. The van der Waals surface area contributed by atoms with Crippen LogP contribution in [-0.2, 0) is 9.53 Å². The maximum Gasteiger partial charge on any atom is 0.322 e. The summed E-state index contributed by atoms with van der Waals surface area (Å²) < 4.78 is 40.5. The van der Waals surface area contributed by atoms with E-state index >= 15 is 0 Å². The molecule has 0 saturated carbocycles. The summed E-state index contributed by atoms with van der Waals surface area (Å²) in [5.74, 6) is -2.17. The topological polar surface area (TPSA) is 129 Å². The minimum atomic E-state index is -0.904. The van der Waals surface area contributed by atoms with E-state index in [1.54, 1.807) is 18.2 Å². The second kappa shape index (κ2) is 13.4. The molecule has 2 saturated heterocycles. The zero-order valence-corrected chi connectivity index (χ0v) is 25.3. The number of carbonyl (C=O) groups excluding carboxylic acids is 3. The zero-order chi connectivity index (χ0) is 32.4. The lowest BCUT2D eigenvalue weighted by atomic mass is 9.99. The van der Waals surface area contributed by atoms with E-state index in [1.165, 1.54) is 23.1 Å². The van der Waals surface area contributed by atoms with E-state index in [0.717, 1.165) is 17.7 Å². The SMILES string of the molecule is Cc1ccccc1NC(=O)N1C[C@@H]2C[C@H]1C(=O)NC[C@H]1O[C@H](CCOc3cc(-c4ccc(F)cc4F)ccc3C(=O)N2)CC[C@@H]1O. The fraction of sp³-hybridized carbons (Fsp3) is 0.382. The van der Waals surface area contributed by atoms with E-state index in [4.69, 9.17) is 9.47 Å². The van der Waals surface area contributed by atoms with Crippen LogP contribution in [0.4, 0.5) is 19.3 Å². The van der Waals surface area contributed by atoms with Crippen LogP contribution < -0.4 is 20.7 Å². The van der Waals surface area contributed by atoms with Crippen LogP contribution in [0.3, 0.4) is 0 Å². The summed E-state index contributed by atoms with van der Waals surface area (Å²) in [6.07, 6.45) is -0.0887. The third-order valence-corrected chi connectivity index (χ3v) is 8.81. The van der Waals surface area contributed by atoms with Crippen LogP contribution in [0, 0.1) is 18.6 Å². The number of aliphatic hydroxyl groups excluding tert-OH is 1. The number of urea groups is 1. The lowest BCUT2D eigenvalue weighted by molar-refractivity contribution is -0.133. The van der Waals surface area contributed by atoms with Gasteiger partial charge in [-0.2, -0.15) is 0 Å². The number of likely N-dealkylation sites (tertiary alicyclic amines) is 1. The Bertz CT molecular complexity index is 1640. The van der Waals surface area contributed by atoms with Gasteiger partial charge in [0.05, 0.1) is 24.4 Å². The summed E-state index contributed by atoms with van der Waals surface area (Å²) in [5, 5.41) is 19.3. The average Bonchev–Trinajstić information content (AvgIpc) is 3.45. The van der Waals surface area contributed by atoms with Gasteiger partial charge in [0.2, 0.25) is 5.91 Å². The first-order chi connectivity index (χ1) is 22.2. The Labute approximate surface area is 265 Å². The van der Waals surface area contributed by atoms with Crippen LogP contribution >= 0.6 is 0 Å². The Balaban J connectivity index is 1.30. The number of rotatable bonds is 2. The molecule has 3 aromatic rings. The molecule has 3 aliphatic heterocycles. The van der Waals surface area contributed by atoms with Gasteiger partial charge in [-0.05, 0) is 67.6 Å². The average molecular weight is 635 g/mol. The first kappa shape index (κ1) is 31.4. The van der Waals surface area contributed by atoms with Crippen molar-refractivity contribution in [2.45, 2.75) is 63.0 Å². The molecule has 46 heavy (non-hydrogen) atoms. The fourth-order valence-electron chi connectivity index (χ4n) is 6.26. The zero-order valence-electron chi connectivity index (χ0n) is 25.3. The largest absolute Gasteiger partial charge is 0.493 e. The molecule has 0 aliphatic carbocycles. The Morgan fingerprint density at radius 3 is 2.63 bits per heavy atom. The summed E-state index contributed by atoms with van der Waals surface area (Å²) in [6.45, 7) is 2.13. The molecule has 3 aliphatic rings. The minimum absolute atomic E-state index is 0.0492. The van der Waals surface area contributed by atoms with E-state index in [2.05, 4.69) is 16.0 Å². The number of benzene rings is 3. The van der Waals surface area contributed by atoms with Crippen molar-refractivity contribution in [1.82, 2.24) is 15.5 Å². The molecule has 0 radical (unpaired) electrons. The highest BCUT2D eigenvalue weighted by atomic mass is 19.1. The Hall–Kier alpha value is -4.55. The number of hydrogen-bond donors (Lipinski definition) is 4. The van der Waals surface area contributed by atoms with Crippen molar-refractivity contribution in [1.29, 1.82) is 0 Å². The fourth-order valence-corrected chi connectivity index (χ4v) is 6.26. The lowest BCUT2D eigenvalue weighted by Crippen LogP contribution is -2.51. The molecule has 10 nitrogen and oxygen atoms in total. The molecular formula is C34H36F2N4O6. The molecule has 0 unspecified atom stereocenters. The summed E-state index contributed by atoms with van der Waals surface area (Å²) in [6, 6.07) is 13.2. The Morgan fingerprint density at radius 1 is 1.02 bits per heavy atom. The van der Waals surface area contributed by atoms with Crippen LogP contribution in [0.25, 0.3) is 11.1 Å². The first-order valence-electron chi connectivity index (χ1n) is 15.4. The van der Waals surface area contributed by atoms with Gasteiger partial charge in [-0.3, -0.25) is 9.59 Å². The standard InChI is InChI=1S/C34H36F2N4O6/c1-19-4-2-3-5-27(19)39-34(44)40-18-22-16-28(40)33(43)37-17-31-29(41)11-8-23(46-31)12-13-45-30-14-20(6-9-25(30)32(42)38-22)24-10-7-21(35)15-26(24)36/h2-7,9-10,14-15,22-23,28-29,31,41H,8,11-13,16-18H2,1H3,(H,37,43)(H,38,42)(H,39,44)/t22-,23-,28-,29-,31+/m0/s1. The van der Waals surface area contributed by atoms with Gasteiger partial charge in [-0.15, -0.1) is 0 Å². The molecule has 4 bridgehead atoms. The number of anilines is 1. The van der Waals surface area contributed by atoms with Gasteiger partial charge in [0, 0.05) is 42.9 Å². The van der Waals surface area contributed by atoms with E-state index < -0.39 is 53.8 Å². The molecule has 6 rings (SSSR count). The predicted molar refractivity (Wildman–Crippen MR) is 165 cm³/mol. The molecular weight excluding hydrogens is 598 g/mol. The molecule has 3 aromatic carbocycles. The molecule has 3 heterocycles. The quantitative estimate of drug-likeness (QED) is 0.335. The van der Waals surface area contributed by atoms with Crippen LogP contribution in [-0.4, -0.2) is 77.9 Å². The van der Waals surface area contributed by atoms with Crippen LogP contribution in [0.1, 0.15) is 41.6 Å². The smallest absolute Gasteiger partial charge is 0.322 e. The van der Waals surface area contributed by atoms with Crippen molar-refractivity contribution in [3.8, 4) is 16.9 Å². The number of nitrogens with one attached hydrogen (secondary N) is 3. The van der Waals surface area contributed by atoms with Gasteiger partial charge in [0.25, 0.3) is 5.91 Å². The molecule has 12 heteroatoms. The van der Waals surface area contributed by atoms with Gasteiger partial charge < -0.3 is 35.4 Å². The number of nitrogens with zero attached hydrogens (tertiary/aromatic N) is 1. The number of carbonyl (C=O) groups is 3. The highest BCUT2D eigenvalue weighted by Crippen LogP contribution is 2.31. The molecule has 0 aromatic heterocycles. The van der Waals surface area contributed by atoms with Crippen molar-refractivity contribution < 1.29 is 37.7 Å². The Morgan fingerprint density at radius 2 is 1.83 bits per heavy atom. The molecule has 5 atom stereocenters. The van der Waals surface area contributed by atoms with E-state index in [0.29, 0.717) is 30.5 Å². The van der Waals surface area contributed by atoms with Crippen molar-refractivity contribution in [2.24, 2.45) is 0 Å². The molecule has 2 fully saturated rings. The van der Waals surface area contributed by atoms with Crippen molar-refractivity contribution in [3.63, 3.8) is 0 Å². The second-order valence-electron chi connectivity index (χ2n) is 12.0. The van der Waals surface area contributed by atoms with Gasteiger partial charge in [-0.1, -0.05) is 24.3 Å². The van der Waals surface area contributed by atoms with Crippen LogP contribution in [0.2, 0.25) is 0 Å². The number of halogens is 2. The summed E-state index contributed by atoms with van der Waals surface area (Å²) in [7, 11) is 0. The molecule has 4 amide bonds. The minimum Gasteiger partial charge on any atom is -0.493 e. The van der Waals surface area contributed by atoms with Crippen molar-refractivity contribution in [3.05, 3.63) is 83.4 Å². The van der Waals surface area contributed by atoms with Gasteiger partial charge in [0.15, 0.2) is 0 Å². The number of hydrogen-bond acceptors (Lipinski definition) is 6. The van der Waals surface area contributed by atoms with Crippen molar-refractivity contribution >= 4 is 23.5 Å². The van der Waals surface area contributed by atoms with Gasteiger partial charge in [-0.25, -0.2) is 13.6 Å². The molecule has 4 N–H and O–H groups in total. The third-order valence-electron chi connectivity index (χ3n) is 8.81.